The van der Waals surface area contributed by atoms with E-state index in [0.717, 1.165) is 18.5 Å². The van der Waals surface area contributed by atoms with Gasteiger partial charge in [-0.25, -0.2) is 4.39 Å². The van der Waals surface area contributed by atoms with Gasteiger partial charge in [-0.3, -0.25) is 0 Å². The molecule has 0 saturated carbocycles. The Morgan fingerprint density at radius 3 is 2.10 bits per heavy atom. The molecule has 20 heavy (non-hydrogen) atoms. The van der Waals surface area contributed by atoms with Crippen LogP contribution < -0.4 is 5.32 Å². The van der Waals surface area contributed by atoms with Crippen molar-refractivity contribution in [2.75, 3.05) is 0 Å². The van der Waals surface area contributed by atoms with Crippen molar-refractivity contribution < 1.29 is 4.39 Å². The molecule has 1 N–H and O–H groups in total. The van der Waals surface area contributed by atoms with Gasteiger partial charge in [-0.15, -0.1) is 12.4 Å². The molecule has 2 aromatic rings. The minimum absolute atomic E-state index is 0. The normalized spacial score (nSPS) is 10.9. The van der Waals surface area contributed by atoms with Crippen LogP contribution in [0.1, 0.15) is 25.0 Å². The second-order valence-electron chi connectivity index (χ2n) is 5.53. The molecule has 0 amide bonds. The summed E-state index contributed by atoms with van der Waals surface area (Å²) < 4.78 is 12.8. The van der Waals surface area contributed by atoms with Gasteiger partial charge in [-0.1, -0.05) is 42.5 Å². The summed E-state index contributed by atoms with van der Waals surface area (Å²) >= 11 is 0. The quantitative estimate of drug-likeness (QED) is 0.864. The third-order valence-corrected chi connectivity index (χ3v) is 3.17. The first-order chi connectivity index (χ1) is 9.05. The van der Waals surface area contributed by atoms with E-state index in [4.69, 9.17) is 0 Å². The predicted octanol–water partition coefficient (Wildman–Crippen LogP) is 4.36. The molecule has 0 radical (unpaired) electrons. The van der Waals surface area contributed by atoms with E-state index in [0.29, 0.717) is 0 Å². The zero-order chi connectivity index (χ0) is 13.7. The Labute approximate surface area is 126 Å². The van der Waals surface area contributed by atoms with Crippen molar-refractivity contribution >= 4 is 12.4 Å². The maximum absolute atomic E-state index is 12.8. The van der Waals surface area contributed by atoms with Crippen LogP contribution in [0, 0.1) is 5.82 Å². The van der Waals surface area contributed by atoms with E-state index in [1.165, 1.54) is 17.7 Å². The summed E-state index contributed by atoms with van der Waals surface area (Å²) in [5, 5.41) is 3.52. The van der Waals surface area contributed by atoms with Crippen LogP contribution in [0.4, 0.5) is 4.39 Å². The third kappa shape index (κ3) is 5.32. The van der Waals surface area contributed by atoms with Crippen LogP contribution in [-0.4, -0.2) is 5.54 Å². The summed E-state index contributed by atoms with van der Waals surface area (Å²) in [7, 11) is 0. The van der Waals surface area contributed by atoms with Crippen LogP contribution in [0.5, 0.6) is 0 Å². The third-order valence-electron chi connectivity index (χ3n) is 3.17. The highest BCUT2D eigenvalue weighted by Gasteiger charge is 2.17. The van der Waals surface area contributed by atoms with Crippen molar-refractivity contribution in [3.8, 4) is 0 Å². The maximum Gasteiger partial charge on any atom is 0.123 e. The highest BCUT2D eigenvalue weighted by molar-refractivity contribution is 5.85. The maximum atomic E-state index is 12.8. The van der Waals surface area contributed by atoms with Crippen molar-refractivity contribution in [3.05, 3.63) is 71.5 Å². The van der Waals surface area contributed by atoms with Gasteiger partial charge in [0.2, 0.25) is 0 Å². The number of rotatable bonds is 5. The summed E-state index contributed by atoms with van der Waals surface area (Å²) in [5.74, 6) is -0.188. The predicted molar refractivity (Wildman–Crippen MR) is 84.7 cm³/mol. The van der Waals surface area contributed by atoms with Crippen molar-refractivity contribution in [2.45, 2.75) is 32.4 Å². The van der Waals surface area contributed by atoms with E-state index in [9.17, 15) is 4.39 Å². The zero-order valence-corrected chi connectivity index (χ0v) is 12.7. The van der Waals surface area contributed by atoms with Gasteiger partial charge in [0, 0.05) is 12.1 Å². The van der Waals surface area contributed by atoms with E-state index in [2.05, 4.69) is 43.4 Å². The second kappa shape index (κ2) is 7.41. The van der Waals surface area contributed by atoms with Gasteiger partial charge in [0.1, 0.15) is 5.82 Å². The van der Waals surface area contributed by atoms with Crippen molar-refractivity contribution in [1.29, 1.82) is 0 Å². The largest absolute Gasteiger partial charge is 0.307 e. The average molecular weight is 294 g/mol. The number of hydrogen-bond acceptors (Lipinski definition) is 1. The van der Waals surface area contributed by atoms with E-state index < -0.39 is 0 Å². The van der Waals surface area contributed by atoms with Crippen molar-refractivity contribution in [2.24, 2.45) is 0 Å². The Morgan fingerprint density at radius 2 is 1.50 bits per heavy atom. The van der Waals surface area contributed by atoms with Crippen LogP contribution in [0.2, 0.25) is 0 Å². The molecule has 0 aromatic heterocycles. The molecule has 2 rings (SSSR count). The van der Waals surface area contributed by atoms with Crippen LogP contribution in [0.15, 0.2) is 54.6 Å². The fraction of sp³-hybridized carbons (Fsp3) is 0.294. The lowest BCUT2D eigenvalue weighted by atomic mass is 9.94. The fourth-order valence-corrected chi connectivity index (χ4v) is 2.11. The molecular formula is C17H21ClFN. The van der Waals surface area contributed by atoms with Gasteiger partial charge >= 0.3 is 0 Å². The molecule has 0 spiro atoms. The average Bonchev–Trinajstić information content (AvgIpc) is 2.39. The molecule has 0 saturated heterocycles. The summed E-state index contributed by atoms with van der Waals surface area (Å²) in [6, 6.07) is 17.1. The van der Waals surface area contributed by atoms with E-state index in [-0.39, 0.29) is 23.8 Å². The molecule has 0 fully saturated rings. The van der Waals surface area contributed by atoms with Gasteiger partial charge in [0.05, 0.1) is 0 Å². The topological polar surface area (TPSA) is 12.0 Å². The fourth-order valence-electron chi connectivity index (χ4n) is 2.11. The van der Waals surface area contributed by atoms with E-state index in [1.807, 2.05) is 18.2 Å². The monoisotopic (exact) mass is 293 g/mol. The second-order valence-corrected chi connectivity index (χ2v) is 5.53. The molecule has 0 aliphatic carbocycles. The Morgan fingerprint density at radius 1 is 0.900 bits per heavy atom. The Balaban J connectivity index is 0.00000200. The molecule has 0 aliphatic heterocycles. The molecule has 0 aliphatic rings. The van der Waals surface area contributed by atoms with Crippen LogP contribution in [0.3, 0.4) is 0 Å². The number of hydrogen-bond donors (Lipinski definition) is 1. The molecule has 0 bridgehead atoms. The van der Waals surface area contributed by atoms with Crippen LogP contribution in [0.25, 0.3) is 0 Å². The highest BCUT2D eigenvalue weighted by Crippen LogP contribution is 2.13. The minimum atomic E-state index is -0.188. The summed E-state index contributed by atoms with van der Waals surface area (Å²) in [6.07, 6.45) is 0.967. The summed E-state index contributed by atoms with van der Waals surface area (Å²) in [5.41, 5.74) is 2.43. The van der Waals surface area contributed by atoms with Crippen LogP contribution >= 0.6 is 12.4 Å². The van der Waals surface area contributed by atoms with Gasteiger partial charge in [0.15, 0.2) is 0 Å². The van der Waals surface area contributed by atoms with Crippen molar-refractivity contribution in [3.63, 3.8) is 0 Å². The standard InChI is InChI=1S/C17H20FN.ClH/c1-17(2,12-14-6-4-3-5-7-14)19-13-15-8-10-16(18)11-9-15;/h3-11,19H,12-13H2,1-2H3;1H. The van der Waals surface area contributed by atoms with E-state index >= 15 is 0 Å². The molecule has 2 aromatic carbocycles. The molecule has 108 valence electrons. The first kappa shape index (κ1) is 16.7. The minimum Gasteiger partial charge on any atom is -0.307 e. The lowest BCUT2D eigenvalue weighted by molar-refractivity contribution is 0.384. The lowest BCUT2D eigenvalue weighted by Crippen LogP contribution is -2.40. The zero-order valence-electron chi connectivity index (χ0n) is 11.9. The van der Waals surface area contributed by atoms with Crippen LogP contribution in [-0.2, 0) is 13.0 Å². The Hall–Kier alpha value is -1.38. The molecule has 0 heterocycles. The molecular weight excluding hydrogens is 273 g/mol. The molecule has 3 heteroatoms. The highest BCUT2D eigenvalue weighted by atomic mass is 35.5. The van der Waals surface area contributed by atoms with Gasteiger partial charge in [-0.05, 0) is 43.5 Å². The van der Waals surface area contributed by atoms with Gasteiger partial charge < -0.3 is 5.32 Å². The first-order valence-corrected chi connectivity index (χ1v) is 6.59. The lowest BCUT2D eigenvalue weighted by Gasteiger charge is -2.26. The Bertz CT molecular complexity index is 508. The number of halogens is 2. The SMILES string of the molecule is CC(C)(Cc1ccccc1)NCc1ccc(F)cc1.Cl. The smallest absolute Gasteiger partial charge is 0.123 e. The van der Waals surface area contributed by atoms with Gasteiger partial charge in [-0.2, -0.15) is 0 Å². The summed E-state index contributed by atoms with van der Waals surface area (Å²) in [4.78, 5) is 0. The number of nitrogens with one attached hydrogen (secondary N) is 1. The summed E-state index contributed by atoms with van der Waals surface area (Å²) in [6.45, 7) is 5.12. The van der Waals surface area contributed by atoms with Crippen molar-refractivity contribution in [1.82, 2.24) is 5.32 Å². The molecule has 0 unspecified atom stereocenters. The first-order valence-electron chi connectivity index (χ1n) is 6.59. The van der Waals surface area contributed by atoms with E-state index in [1.54, 1.807) is 0 Å². The molecule has 0 atom stereocenters. The Kier molecular flexibility index (Phi) is 6.18. The number of benzene rings is 2. The molecule has 1 nitrogen and oxygen atoms in total. The van der Waals surface area contributed by atoms with Gasteiger partial charge in [0.25, 0.3) is 0 Å².